The quantitative estimate of drug-likeness (QED) is 0.801. The van der Waals surface area contributed by atoms with Gasteiger partial charge in [0.2, 0.25) is 0 Å². The van der Waals surface area contributed by atoms with Gasteiger partial charge in [-0.3, -0.25) is 0 Å². The Morgan fingerprint density at radius 1 is 1.33 bits per heavy atom. The number of carboxylic acid groups (broad SMARTS) is 1. The Hall–Kier alpha value is -1.16. The van der Waals surface area contributed by atoms with E-state index in [9.17, 15) is 4.79 Å². The zero-order chi connectivity index (χ0) is 12.8. The molecule has 3 nitrogen and oxygen atoms in total. The number of para-hydroxylation sites is 1. The van der Waals surface area contributed by atoms with Crippen LogP contribution in [0.1, 0.15) is 36.0 Å². The van der Waals surface area contributed by atoms with Crippen molar-refractivity contribution in [1.29, 1.82) is 0 Å². The van der Waals surface area contributed by atoms with Gasteiger partial charge in [-0.1, -0.05) is 25.0 Å². The number of carbonyl (C=O) groups is 1. The molecule has 0 bridgehead atoms. The lowest BCUT2D eigenvalue weighted by atomic mass is 10.2. The number of carboxylic acids is 1. The maximum absolute atomic E-state index is 11.0. The van der Waals surface area contributed by atoms with Crippen LogP contribution in [0.3, 0.4) is 0 Å². The molecule has 0 saturated heterocycles. The summed E-state index contributed by atoms with van der Waals surface area (Å²) in [4.78, 5) is 11.0. The van der Waals surface area contributed by atoms with Crippen LogP contribution in [0, 0.1) is 0 Å². The van der Waals surface area contributed by atoms with Crippen LogP contribution < -0.4 is 4.74 Å². The lowest BCUT2D eigenvalue weighted by molar-refractivity contribution is 0.0692. The molecular weight excluding hydrogens is 248 g/mol. The van der Waals surface area contributed by atoms with Crippen LogP contribution >= 0.6 is 11.8 Å². The molecule has 0 spiro atoms. The predicted octanol–water partition coefficient (Wildman–Crippen LogP) is 3.44. The molecule has 0 heterocycles. The molecular formula is C14H18O3S. The maximum atomic E-state index is 11.0. The zero-order valence-corrected chi connectivity index (χ0v) is 11.1. The average Bonchev–Trinajstić information content (AvgIpc) is 2.88. The van der Waals surface area contributed by atoms with Crippen LogP contribution in [0.4, 0.5) is 0 Å². The summed E-state index contributed by atoms with van der Waals surface area (Å²) in [6, 6.07) is 6.79. The molecule has 0 aromatic heterocycles. The van der Waals surface area contributed by atoms with Crippen LogP contribution in [-0.2, 0) is 0 Å². The van der Waals surface area contributed by atoms with Gasteiger partial charge in [-0.25, -0.2) is 4.79 Å². The summed E-state index contributed by atoms with van der Waals surface area (Å²) in [6.07, 6.45) is 5.33. The van der Waals surface area contributed by atoms with E-state index in [1.165, 1.54) is 25.7 Å². The molecule has 0 radical (unpaired) electrons. The van der Waals surface area contributed by atoms with E-state index in [1.807, 2.05) is 11.8 Å². The number of benzene rings is 1. The molecule has 18 heavy (non-hydrogen) atoms. The zero-order valence-electron chi connectivity index (χ0n) is 10.3. The van der Waals surface area contributed by atoms with E-state index in [1.54, 1.807) is 24.3 Å². The maximum Gasteiger partial charge on any atom is 0.339 e. The van der Waals surface area contributed by atoms with E-state index in [0.717, 1.165) is 11.0 Å². The SMILES string of the molecule is O=C(O)c1ccccc1OCCSC1CCCC1. The average molecular weight is 266 g/mol. The van der Waals surface area contributed by atoms with Crippen LogP contribution in [0.2, 0.25) is 0 Å². The second-order valence-electron chi connectivity index (χ2n) is 4.43. The summed E-state index contributed by atoms with van der Waals surface area (Å²) in [5.74, 6) is 0.463. The Labute approximate surface area is 112 Å². The van der Waals surface area contributed by atoms with E-state index in [4.69, 9.17) is 9.84 Å². The molecule has 1 aromatic carbocycles. The number of thioether (sulfide) groups is 1. The molecule has 0 atom stereocenters. The minimum Gasteiger partial charge on any atom is -0.492 e. The standard InChI is InChI=1S/C14H18O3S/c15-14(16)12-7-3-4-8-13(12)17-9-10-18-11-5-1-2-6-11/h3-4,7-8,11H,1-2,5-6,9-10H2,(H,15,16). The number of ether oxygens (including phenoxy) is 1. The fourth-order valence-corrected chi connectivity index (χ4v) is 3.37. The lowest BCUT2D eigenvalue weighted by Crippen LogP contribution is -2.07. The van der Waals surface area contributed by atoms with Crippen molar-refractivity contribution < 1.29 is 14.6 Å². The van der Waals surface area contributed by atoms with Crippen LogP contribution in [0.15, 0.2) is 24.3 Å². The van der Waals surface area contributed by atoms with E-state index < -0.39 is 5.97 Å². The Morgan fingerprint density at radius 2 is 2.06 bits per heavy atom. The van der Waals surface area contributed by atoms with Gasteiger partial charge in [0.15, 0.2) is 0 Å². The summed E-state index contributed by atoms with van der Waals surface area (Å²) in [7, 11) is 0. The van der Waals surface area contributed by atoms with Crippen molar-refractivity contribution in [2.45, 2.75) is 30.9 Å². The smallest absolute Gasteiger partial charge is 0.339 e. The van der Waals surface area contributed by atoms with Crippen molar-refractivity contribution in [3.8, 4) is 5.75 Å². The number of hydrogen-bond acceptors (Lipinski definition) is 3. The van der Waals surface area contributed by atoms with Crippen molar-refractivity contribution in [1.82, 2.24) is 0 Å². The molecule has 1 aliphatic rings. The van der Waals surface area contributed by atoms with Crippen molar-refractivity contribution in [3.63, 3.8) is 0 Å². The fourth-order valence-electron chi connectivity index (χ4n) is 2.19. The molecule has 1 aliphatic carbocycles. The van der Waals surface area contributed by atoms with E-state index in [-0.39, 0.29) is 5.56 Å². The molecule has 0 amide bonds. The highest BCUT2D eigenvalue weighted by molar-refractivity contribution is 7.99. The summed E-state index contributed by atoms with van der Waals surface area (Å²) in [5.41, 5.74) is 0.239. The highest BCUT2D eigenvalue weighted by Gasteiger charge is 2.15. The van der Waals surface area contributed by atoms with Crippen molar-refractivity contribution in [3.05, 3.63) is 29.8 Å². The number of aromatic carboxylic acids is 1. The third-order valence-electron chi connectivity index (χ3n) is 3.11. The predicted molar refractivity (Wildman–Crippen MR) is 73.6 cm³/mol. The third kappa shape index (κ3) is 3.67. The highest BCUT2D eigenvalue weighted by Crippen LogP contribution is 2.29. The van der Waals surface area contributed by atoms with Gasteiger partial charge in [-0.05, 0) is 25.0 Å². The Kier molecular flexibility index (Phi) is 4.93. The molecule has 2 rings (SSSR count). The first kappa shape index (κ1) is 13.3. The first-order valence-electron chi connectivity index (χ1n) is 6.34. The van der Waals surface area contributed by atoms with E-state index in [0.29, 0.717) is 12.4 Å². The van der Waals surface area contributed by atoms with Crippen LogP contribution in [0.5, 0.6) is 5.75 Å². The molecule has 0 aliphatic heterocycles. The normalized spacial score (nSPS) is 15.8. The van der Waals surface area contributed by atoms with Gasteiger partial charge < -0.3 is 9.84 Å². The molecule has 1 aromatic rings. The molecule has 1 saturated carbocycles. The van der Waals surface area contributed by atoms with Crippen molar-refractivity contribution in [2.75, 3.05) is 12.4 Å². The molecule has 1 N–H and O–H groups in total. The summed E-state index contributed by atoms with van der Waals surface area (Å²) in [5, 5.41) is 9.79. The molecule has 1 fully saturated rings. The van der Waals surface area contributed by atoms with Gasteiger partial charge in [-0.2, -0.15) is 11.8 Å². The van der Waals surface area contributed by atoms with Crippen molar-refractivity contribution in [2.24, 2.45) is 0 Å². The Balaban J connectivity index is 1.77. The van der Waals surface area contributed by atoms with Crippen molar-refractivity contribution >= 4 is 17.7 Å². The van der Waals surface area contributed by atoms with Gasteiger partial charge >= 0.3 is 5.97 Å². The van der Waals surface area contributed by atoms with Gasteiger partial charge in [0.05, 0.1) is 6.61 Å². The second-order valence-corrected chi connectivity index (χ2v) is 5.84. The summed E-state index contributed by atoms with van der Waals surface area (Å²) in [6.45, 7) is 0.575. The Morgan fingerprint density at radius 3 is 2.78 bits per heavy atom. The highest BCUT2D eigenvalue weighted by atomic mass is 32.2. The van der Waals surface area contributed by atoms with Crippen LogP contribution in [0.25, 0.3) is 0 Å². The molecule has 4 heteroatoms. The van der Waals surface area contributed by atoms with Gasteiger partial charge in [0.25, 0.3) is 0 Å². The molecule has 0 unspecified atom stereocenters. The first-order valence-corrected chi connectivity index (χ1v) is 7.39. The number of rotatable bonds is 6. The minimum absolute atomic E-state index is 0.239. The topological polar surface area (TPSA) is 46.5 Å². The summed E-state index contributed by atoms with van der Waals surface area (Å²) < 4.78 is 5.56. The lowest BCUT2D eigenvalue weighted by Gasteiger charge is -2.11. The summed E-state index contributed by atoms with van der Waals surface area (Å²) >= 11 is 1.95. The van der Waals surface area contributed by atoms with Gasteiger partial charge in [0.1, 0.15) is 11.3 Å². The van der Waals surface area contributed by atoms with Crippen LogP contribution in [-0.4, -0.2) is 28.7 Å². The van der Waals surface area contributed by atoms with E-state index >= 15 is 0 Å². The fraction of sp³-hybridized carbons (Fsp3) is 0.500. The van der Waals surface area contributed by atoms with E-state index in [2.05, 4.69) is 0 Å². The second kappa shape index (κ2) is 6.69. The monoisotopic (exact) mass is 266 g/mol. The Bertz CT molecular complexity index is 400. The third-order valence-corrected chi connectivity index (χ3v) is 4.46. The van der Waals surface area contributed by atoms with Gasteiger partial charge in [0, 0.05) is 11.0 Å². The largest absolute Gasteiger partial charge is 0.492 e. The first-order chi connectivity index (χ1) is 8.77. The minimum atomic E-state index is -0.936. The van der Waals surface area contributed by atoms with Gasteiger partial charge in [-0.15, -0.1) is 0 Å². The molecule has 98 valence electrons. The number of hydrogen-bond donors (Lipinski definition) is 1.